The van der Waals surface area contributed by atoms with Crippen LogP contribution in [0.3, 0.4) is 0 Å². The molecule has 3 aromatic rings. The number of benzene rings is 1. The van der Waals surface area contributed by atoms with Crippen LogP contribution in [0.4, 0.5) is 0 Å². The predicted molar refractivity (Wildman–Crippen MR) is 99.9 cm³/mol. The second-order valence-electron chi connectivity index (χ2n) is 4.86. The van der Waals surface area contributed by atoms with E-state index in [1.54, 1.807) is 28.4 Å². The minimum absolute atomic E-state index is 0.285. The van der Waals surface area contributed by atoms with Gasteiger partial charge in [0.15, 0.2) is 5.69 Å². The normalized spacial score (nSPS) is 11.1. The smallest absolute Gasteiger partial charge is 0.266 e. The maximum Gasteiger partial charge on any atom is 0.293 e. The van der Waals surface area contributed by atoms with E-state index in [1.807, 2.05) is 41.8 Å². The lowest BCUT2D eigenvalue weighted by atomic mass is 10.2. The van der Waals surface area contributed by atoms with Crippen molar-refractivity contribution < 1.29 is 4.79 Å². The lowest BCUT2D eigenvalue weighted by Gasteiger charge is -2.01. The van der Waals surface area contributed by atoms with Crippen LogP contribution >= 0.6 is 38.9 Å². The average Bonchev–Trinajstić information content (AvgIpc) is 3.19. The zero-order valence-electron chi connectivity index (χ0n) is 12.3. The molecule has 0 radical (unpaired) electrons. The molecule has 122 valence electrons. The van der Waals surface area contributed by atoms with E-state index in [-0.39, 0.29) is 11.6 Å². The summed E-state index contributed by atoms with van der Waals surface area (Å²) < 4.78 is 2.30. The molecule has 8 heteroatoms. The Morgan fingerprint density at radius 3 is 2.88 bits per heavy atom. The number of thiophene rings is 1. The van der Waals surface area contributed by atoms with E-state index in [9.17, 15) is 4.79 Å². The number of rotatable bonds is 5. The Bertz CT molecular complexity index is 859. The Hall–Kier alpha value is -1.96. The van der Waals surface area contributed by atoms with Gasteiger partial charge in [-0.25, -0.2) is 5.43 Å². The van der Waals surface area contributed by atoms with E-state index in [0.717, 1.165) is 10.4 Å². The molecular weight excluding hydrogens is 412 g/mol. The largest absolute Gasteiger partial charge is 0.293 e. The number of aromatic nitrogens is 2. The van der Waals surface area contributed by atoms with Gasteiger partial charge >= 0.3 is 0 Å². The summed E-state index contributed by atoms with van der Waals surface area (Å²) in [6.45, 7) is 0.543. The molecule has 1 N–H and O–H groups in total. The van der Waals surface area contributed by atoms with Crippen molar-refractivity contribution in [1.82, 2.24) is 15.2 Å². The van der Waals surface area contributed by atoms with Crippen molar-refractivity contribution in [3.63, 3.8) is 0 Å². The van der Waals surface area contributed by atoms with Gasteiger partial charge in [-0.3, -0.25) is 9.48 Å². The first-order chi connectivity index (χ1) is 11.6. The molecule has 0 fully saturated rings. The highest BCUT2D eigenvalue weighted by molar-refractivity contribution is 9.10. The molecule has 0 unspecified atom stereocenters. The Morgan fingerprint density at radius 1 is 1.38 bits per heavy atom. The predicted octanol–water partition coefficient (Wildman–Crippen LogP) is 4.17. The molecule has 0 aliphatic carbocycles. The highest BCUT2D eigenvalue weighted by Gasteiger charge is 2.14. The van der Waals surface area contributed by atoms with Gasteiger partial charge in [0.25, 0.3) is 5.91 Å². The Kier molecular flexibility index (Phi) is 5.44. The standard InChI is InChI=1S/C16H12BrClN4OS/c17-14-10-22(9-11-3-5-12(18)6-4-11)21-15(14)16(23)20-19-8-13-2-1-7-24-13/h1-8,10H,9H2,(H,20,23)/b19-8+. The fourth-order valence-electron chi connectivity index (χ4n) is 1.98. The van der Waals surface area contributed by atoms with Gasteiger partial charge in [0.1, 0.15) is 0 Å². The van der Waals surface area contributed by atoms with Crippen LogP contribution in [0.2, 0.25) is 5.02 Å². The van der Waals surface area contributed by atoms with Crippen LogP contribution in [0.15, 0.2) is 57.5 Å². The van der Waals surface area contributed by atoms with Crippen LogP contribution in [0.25, 0.3) is 0 Å². The molecule has 0 saturated heterocycles. The average molecular weight is 424 g/mol. The third kappa shape index (κ3) is 4.31. The first-order valence-electron chi connectivity index (χ1n) is 6.96. The molecule has 2 heterocycles. The van der Waals surface area contributed by atoms with Crippen molar-refractivity contribution in [2.45, 2.75) is 6.54 Å². The minimum Gasteiger partial charge on any atom is -0.266 e. The molecule has 1 aromatic carbocycles. The summed E-state index contributed by atoms with van der Waals surface area (Å²) in [4.78, 5) is 13.1. The number of nitrogens with one attached hydrogen (secondary N) is 1. The molecule has 24 heavy (non-hydrogen) atoms. The number of amides is 1. The minimum atomic E-state index is -0.371. The maximum absolute atomic E-state index is 12.2. The van der Waals surface area contributed by atoms with Crippen molar-refractivity contribution in [1.29, 1.82) is 0 Å². The summed E-state index contributed by atoms with van der Waals surface area (Å²) in [6.07, 6.45) is 3.35. The van der Waals surface area contributed by atoms with E-state index >= 15 is 0 Å². The van der Waals surface area contributed by atoms with Crippen LogP contribution < -0.4 is 5.43 Å². The topological polar surface area (TPSA) is 59.3 Å². The van der Waals surface area contributed by atoms with Crippen molar-refractivity contribution in [3.8, 4) is 0 Å². The Morgan fingerprint density at radius 2 is 2.17 bits per heavy atom. The number of hydrogen-bond acceptors (Lipinski definition) is 4. The number of carbonyl (C=O) groups excluding carboxylic acids is 1. The molecule has 5 nitrogen and oxygen atoms in total. The van der Waals surface area contributed by atoms with Crippen molar-refractivity contribution >= 4 is 51.0 Å². The lowest BCUT2D eigenvalue weighted by molar-refractivity contribution is 0.0948. The second kappa shape index (κ2) is 7.74. The zero-order valence-corrected chi connectivity index (χ0v) is 15.5. The molecule has 2 aromatic heterocycles. The van der Waals surface area contributed by atoms with Crippen molar-refractivity contribution in [2.24, 2.45) is 5.10 Å². The molecule has 0 saturated carbocycles. The van der Waals surface area contributed by atoms with Crippen LogP contribution in [-0.4, -0.2) is 21.9 Å². The number of hydrogen-bond donors (Lipinski definition) is 1. The second-order valence-corrected chi connectivity index (χ2v) is 7.13. The van der Waals surface area contributed by atoms with Crippen LogP contribution in [0, 0.1) is 0 Å². The maximum atomic E-state index is 12.2. The zero-order chi connectivity index (χ0) is 16.9. The highest BCUT2D eigenvalue weighted by Crippen LogP contribution is 2.17. The molecule has 3 rings (SSSR count). The Balaban J connectivity index is 1.66. The molecule has 0 bridgehead atoms. The quantitative estimate of drug-likeness (QED) is 0.494. The van der Waals surface area contributed by atoms with Gasteiger partial charge in [0.2, 0.25) is 0 Å². The third-order valence-corrected chi connectivity index (χ3v) is 4.73. The van der Waals surface area contributed by atoms with Gasteiger partial charge in [0, 0.05) is 16.1 Å². The molecular formula is C16H12BrClN4OS. The third-order valence-electron chi connectivity index (χ3n) is 3.09. The molecule has 0 spiro atoms. The lowest BCUT2D eigenvalue weighted by Crippen LogP contribution is -2.19. The summed E-state index contributed by atoms with van der Waals surface area (Å²) in [7, 11) is 0. The van der Waals surface area contributed by atoms with Gasteiger partial charge in [-0.2, -0.15) is 10.2 Å². The van der Waals surface area contributed by atoms with E-state index in [1.165, 1.54) is 0 Å². The fraction of sp³-hybridized carbons (Fsp3) is 0.0625. The van der Waals surface area contributed by atoms with Gasteiger partial charge in [-0.05, 0) is 45.1 Å². The Labute approximate surface area is 156 Å². The SMILES string of the molecule is O=C(N/N=C/c1cccs1)c1nn(Cc2ccc(Cl)cc2)cc1Br. The summed E-state index contributed by atoms with van der Waals surface area (Å²) in [5, 5.41) is 10.9. The van der Waals surface area contributed by atoms with Crippen LogP contribution in [0.1, 0.15) is 20.9 Å². The fourth-order valence-corrected chi connectivity index (χ4v) is 3.19. The van der Waals surface area contributed by atoms with E-state index in [4.69, 9.17) is 11.6 Å². The van der Waals surface area contributed by atoms with Crippen molar-refractivity contribution in [2.75, 3.05) is 0 Å². The first kappa shape index (κ1) is 16.9. The van der Waals surface area contributed by atoms with E-state index in [0.29, 0.717) is 16.0 Å². The number of nitrogens with zero attached hydrogens (tertiary/aromatic N) is 3. The number of halogens is 2. The highest BCUT2D eigenvalue weighted by atomic mass is 79.9. The summed E-state index contributed by atoms with van der Waals surface area (Å²) in [6, 6.07) is 11.3. The summed E-state index contributed by atoms with van der Waals surface area (Å²) >= 11 is 10.8. The van der Waals surface area contributed by atoms with E-state index in [2.05, 4.69) is 31.6 Å². The molecule has 1 amide bonds. The summed E-state index contributed by atoms with van der Waals surface area (Å²) in [5.74, 6) is -0.371. The monoisotopic (exact) mass is 422 g/mol. The van der Waals surface area contributed by atoms with Gasteiger partial charge in [-0.1, -0.05) is 29.8 Å². The van der Waals surface area contributed by atoms with Crippen LogP contribution in [-0.2, 0) is 6.54 Å². The summed E-state index contributed by atoms with van der Waals surface area (Å²) in [5.41, 5.74) is 3.80. The molecule has 0 aliphatic rings. The van der Waals surface area contributed by atoms with Gasteiger partial charge in [0.05, 0.1) is 17.2 Å². The molecule has 0 atom stereocenters. The van der Waals surface area contributed by atoms with Gasteiger partial charge < -0.3 is 0 Å². The van der Waals surface area contributed by atoms with Crippen LogP contribution in [0.5, 0.6) is 0 Å². The number of hydrazone groups is 1. The van der Waals surface area contributed by atoms with Gasteiger partial charge in [-0.15, -0.1) is 11.3 Å². The first-order valence-corrected chi connectivity index (χ1v) is 9.01. The van der Waals surface area contributed by atoms with E-state index < -0.39 is 0 Å². The number of carbonyl (C=O) groups is 1. The van der Waals surface area contributed by atoms with Crippen molar-refractivity contribution in [3.05, 3.63) is 73.6 Å². The molecule has 0 aliphatic heterocycles.